The number of rotatable bonds is 3. The quantitative estimate of drug-likeness (QED) is 0.804. The number of hydrogen-bond acceptors (Lipinski definition) is 3. The Hall–Kier alpha value is -2.69. The summed E-state index contributed by atoms with van der Waals surface area (Å²) in [5.41, 5.74) is 2.33. The fourth-order valence-electron chi connectivity index (χ4n) is 3.33. The van der Waals surface area contributed by atoms with Crippen molar-refractivity contribution < 1.29 is 4.79 Å². The molecule has 0 spiro atoms. The summed E-state index contributed by atoms with van der Waals surface area (Å²) in [5, 5.41) is 11.6. The van der Waals surface area contributed by atoms with Crippen LogP contribution in [0.1, 0.15) is 42.5 Å². The molecule has 0 radical (unpaired) electrons. The van der Waals surface area contributed by atoms with E-state index in [1.54, 1.807) is 6.07 Å². The minimum atomic E-state index is -0.0198. The average molecular weight is 320 g/mol. The number of pyridine rings is 1. The zero-order valence-corrected chi connectivity index (χ0v) is 13.5. The van der Waals surface area contributed by atoms with E-state index >= 15 is 0 Å². The van der Waals surface area contributed by atoms with Crippen LogP contribution in [0.4, 0.5) is 0 Å². The average Bonchev–Trinajstić information content (AvgIpc) is 3.06. The van der Waals surface area contributed by atoms with E-state index in [1.165, 1.54) is 19.3 Å². The normalized spacial score (nSPS) is 15.5. The predicted octanol–water partition coefficient (Wildman–Crippen LogP) is 3.46. The molecule has 1 aliphatic rings. The van der Waals surface area contributed by atoms with Gasteiger partial charge in [0.1, 0.15) is 0 Å². The Kier molecular flexibility index (Phi) is 3.99. The molecular formula is C19H20N4O. The van der Waals surface area contributed by atoms with Crippen LogP contribution in [0.3, 0.4) is 0 Å². The third-order valence-electron chi connectivity index (χ3n) is 4.64. The molecule has 24 heavy (non-hydrogen) atoms. The van der Waals surface area contributed by atoms with E-state index < -0.39 is 0 Å². The van der Waals surface area contributed by atoms with Crippen molar-refractivity contribution in [2.45, 2.75) is 38.1 Å². The molecule has 0 bridgehead atoms. The van der Waals surface area contributed by atoms with Crippen LogP contribution in [-0.2, 0) is 0 Å². The minimum absolute atomic E-state index is 0.0198. The van der Waals surface area contributed by atoms with Gasteiger partial charge >= 0.3 is 0 Å². The van der Waals surface area contributed by atoms with Gasteiger partial charge in [0.05, 0.1) is 0 Å². The number of fused-ring (bicyclic) bond motifs is 1. The molecule has 3 aromatic rings. The molecule has 2 aromatic heterocycles. The summed E-state index contributed by atoms with van der Waals surface area (Å²) in [6.45, 7) is 0. The van der Waals surface area contributed by atoms with Gasteiger partial charge in [-0.3, -0.25) is 9.20 Å². The summed E-state index contributed by atoms with van der Waals surface area (Å²) in [6, 6.07) is 13.9. The number of nitrogens with one attached hydrogen (secondary N) is 1. The summed E-state index contributed by atoms with van der Waals surface area (Å²) in [5.74, 6) is 0.762. The monoisotopic (exact) mass is 320 g/mol. The first-order valence-electron chi connectivity index (χ1n) is 8.52. The van der Waals surface area contributed by atoms with Crippen LogP contribution in [-0.4, -0.2) is 26.5 Å². The molecule has 122 valence electrons. The van der Waals surface area contributed by atoms with Crippen molar-refractivity contribution in [3.63, 3.8) is 0 Å². The Labute approximate surface area is 140 Å². The van der Waals surface area contributed by atoms with Crippen molar-refractivity contribution in [1.82, 2.24) is 19.9 Å². The molecule has 1 N–H and O–H groups in total. The summed E-state index contributed by atoms with van der Waals surface area (Å²) in [7, 11) is 0. The maximum absolute atomic E-state index is 12.5. The molecule has 1 saturated carbocycles. The zero-order chi connectivity index (χ0) is 16.4. The molecule has 1 aliphatic carbocycles. The van der Waals surface area contributed by atoms with E-state index in [-0.39, 0.29) is 5.91 Å². The molecule has 0 aliphatic heterocycles. The first-order valence-corrected chi connectivity index (χ1v) is 8.52. The molecule has 0 unspecified atom stereocenters. The lowest BCUT2D eigenvalue weighted by Gasteiger charge is -2.22. The Morgan fingerprint density at radius 1 is 1.04 bits per heavy atom. The lowest BCUT2D eigenvalue weighted by Crippen LogP contribution is -2.36. The van der Waals surface area contributed by atoms with Gasteiger partial charge in [-0.2, -0.15) is 0 Å². The maximum atomic E-state index is 12.5. The maximum Gasteiger partial charge on any atom is 0.251 e. The van der Waals surface area contributed by atoms with Crippen molar-refractivity contribution in [2.75, 3.05) is 0 Å². The molecule has 5 heteroatoms. The number of carbonyl (C=O) groups excluding carboxylic acids is 1. The molecule has 1 fully saturated rings. The van der Waals surface area contributed by atoms with Gasteiger partial charge in [-0.15, -0.1) is 10.2 Å². The Morgan fingerprint density at radius 3 is 2.62 bits per heavy atom. The number of amides is 1. The standard InChI is InChI=1S/C19H20N4O/c24-19(20-16-9-5-2-6-10-16)15-11-12-23-17(13-15)21-22-18(23)14-7-3-1-4-8-14/h1,3-4,7-8,11-13,16H,2,5-6,9-10H2,(H,20,24). The topological polar surface area (TPSA) is 59.3 Å². The van der Waals surface area contributed by atoms with Crippen LogP contribution in [0.15, 0.2) is 48.7 Å². The van der Waals surface area contributed by atoms with Crippen LogP contribution in [0.2, 0.25) is 0 Å². The minimum Gasteiger partial charge on any atom is -0.349 e. The van der Waals surface area contributed by atoms with Gasteiger partial charge < -0.3 is 5.32 Å². The largest absolute Gasteiger partial charge is 0.349 e. The molecule has 1 aromatic carbocycles. The molecule has 0 saturated heterocycles. The van der Waals surface area contributed by atoms with Crippen LogP contribution < -0.4 is 5.32 Å². The number of carbonyl (C=O) groups is 1. The highest BCUT2D eigenvalue weighted by Gasteiger charge is 2.17. The fraction of sp³-hybridized carbons (Fsp3) is 0.316. The zero-order valence-electron chi connectivity index (χ0n) is 13.5. The lowest BCUT2D eigenvalue weighted by molar-refractivity contribution is 0.0927. The van der Waals surface area contributed by atoms with E-state index in [2.05, 4.69) is 15.5 Å². The van der Waals surface area contributed by atoms with Crippen LogP contribution in [0.25, 0.3) is 17.0 Å². The van der Waals surface area contributed by atoms with Gasteiger partial charge in [-0.05, 0) is 25.0 Å². The highest BCUT2D eigenvalue weighted by molar-refractivity contribution is 5.95. The third kappa shape index (κ3) is 2.89. The van der Waals surface area contributed by atoms with Crippen molar-refractivity contribution in [3.05, 3.63) is 54.2 Å². The van der Waals surface area contributed by atoms with E-state index in [9.17, 15) is 4.79 Å². The van der Waals surface area contributed by atoms with Gasteiger partial charge in [0.25, 0.3) is 5.91 Å². The van der Waals surface area contributed by atoms with E-state index in [4.69, 9.17) is 0 Å². The van der Waals surface area contributed by atoms with Crippen LogP contribution in [0, 0.1) is 0 Å². The Morgan fingerprint density at radius 2 is 1.83 bits per heavy atom. The van der Waals surface area contributed by atoms with Crippen molar-refractivity contribution >= 4 is 11.6 Å². The van der Waals surface area contributed by atoms with Gasteiger partial charge in [-0.25, -0.2) is 0 Å². The second kappa shape index (κ2) is 6.43. The van der Waals surface area contributed by atoms with E-state index in [1.807, 2.05) is 47.0 Å². The lowest BCUT2D eigenvalue weighted by atomic mass is 9.95. The smallest absolute Gasteiger partial charge is 0.251 e. The van der Waals surface area contributed by atoms with Crippen molar-refractivity contribution in [3.8, 4) is 11.4 Å². The highest BCUT2D eigenvalue weighted by atomic mass is 16.1. The SMILES string of the molecule is O=C(NC1CCCCC1)c1ccn2c(-c3ccccc3)nnc2c1. The van der Waals surface area contributed by atoms with Gasteiger partial charge in [0.15, 0.2) is 11.5 Å². The second-order valence-electron chi connectivity index (χ2n) is 6.34. The molecular weight excluding hydrogens is 300 g/mol. The fourth-order valence-corrected chi connectivity index (χ4v) is 3.33. The molecule has 0 atom stereocenters. The first kappa shape index (κ1) is 14.9. The van der Waals surface area contributed by atoms with E-state index in [0.29, 0.717) is 17.3 Å². The van der Waals surface area contributed by atoms with Gasteiger partial charge in [0, 0.05) is 23.4 Å². The Balaban J connectivity index is 1.59. The van der Waals surface area contributed by atoms with Gasteiger partial charge in [0.2, 0.25) is 0 Å². The number of aromatic nitrogens is 3. The summed E-state index contributed by atoms with van der Waals surface area (Å²) < 4.78 is 1.91. The Bertz CT molecular complexity index is 850. The molecule has 5 nitrogen and oxygen atoms in total. The van der Waals surface area contributed by atoms with Crippen molar-refractivity contribution in [1.29, 1.82) is 0 Å². The summed E-state index contributed by atoms with van der Waals surface area (Å²) >= 11 is 0. The molecule has 2 heterocycles. The third-order valence-corrected chi connectivity index (χ3v) is 4.64. The first-order chi connectivity index (χ1) is 11.8. The molecule has 4 rings (SSSR count). The number of hydrogen-bond donors (Lipinski definition) is 1. The number of benzene rings is 1. The predicted molar refractivity (Wildman–Crippen MR) is 92.8 cm³/mol. The summed E-state index contributed by atoms with van der Waals surface area (Å²) in [4.78, 5) is 12.5. The van der Waals surface area contributed by atoms with Crippen LogP contribution >= 0.6 is 0 Å². The van der Waals surface area contributed by atoms with Crippen LogP contribution in [0.5, 0.6) is 0 Å². The van der Waals surface area contributed by atoms with Crippen molar-refractivity contribution in [2.24, 2.45) is 0 Å². The van der Waals surface area contributed by atoms with Gasteiger partial charge in [-0.1, -0.05) is 49.6 Å². The second-order valence-corrected chi connectivity index (χ2v) is 6.34. The molecule has 1 amide bonds. The van der Waals surface area contributed by atoms with E-state index in [0.717, 1.165) is 24.2 Å². The summed E-state index contributed by atoms with van der Waals surface area (Å²) in [6.07, 6.45) is 7.71. The highest BCUT2D eigenvalue weighted by Crippen LogP contribution is 2.20. The number of nitrogens with zero attached hydrogens (tertiary/aromatic N) is 3.